The monoisotopic (exact) mass is 528 g/mol. The third kappa shape index (κ3) is 6.97. The van der Waals surface area contributed by atoms with Crippen molar-refractivity contribution >= 4 is 41.5 Å². The summed E-state index contributed by atoms with van der Waals surface area (Å²) in [6.45, 7) is 13.7. The zero-order valence-electron chi connectivity index (χ0n) is 22.5. The van der Waals surface area contributed by atoms with Crippen molar-refractivity contribution in [3.8, 4) is 0 Å². The predicted octanol–water partition coefficient (Wildman–Crippen LogP) is 4.86. The standard InChI is InChI=1S/C29H40O5SSi/c1-8-26(31)35-29(7,27(32)33-9-2)20-22(3)25(30)21-34-36(28(4,5)6,23-16-12-10-13-17-23)24-18-14-11-15-19-24/h10-20,25,30H,8-9,21H2,1-7H3/b22-20+/t25-,29+/m0/s1. The number of carbonyl (C=O) groups is 2. The van der Waals surface area contributed by atoms with Crippen molar-refractivity contribution in [2.24, 2.45) is 0 Å². The molecular formula is C29H40O5SSi. The first-order valence-corrected chi connectivity index (χ1v) is 15.1. The summed E-state index contributed by atoms with van der Waals surface area (Å²) in [5.74, 6) is -0.503. The Labute approximate surface area is 221 Å². The van der Waals surface area contributed by atoms with Gasteiger partial charge in [0.25, 0.3) is 8.32 Å². The van der Waals surface area contributed by atoms with Crippen LogP contribution in [-0.2, 0) is 18.8 Å². The van der Waals surface area contributed by atoms with E-state index >= 15 is 0 Å². The number of hydrogen-bond donors (Lipinski definition) is 1. The Hall–Kier alpha value is -2.19. The van der Waals surface area contributed by atoms with E-state index in [1.165, 1.54) is 0 Å². The molecule has 0 unspecified atom stereocenters. The summed E-state index contributed by atoms with van der Waals surface area (Å²) in [7, 11) is -2.82. The molecule has 0 amide bonds. The second kappa shape index (κ2) is 12.9. The minimum atomic E-state index is -2.82. The van der Waals surface area contributed by atoms with Crippen LogP contribution in [0.2, 0.25) is 5.04 Å². The fourth-order valence-electron chi connectivity index (χ4n) is 4.34. The maximum Gasteiger partial charge on any atom is 0.326 e. The smallest absolute Gasteiger partial charge is 0.326 e. The molecule has 2 aromatic rings. The van der Waals surface area contributed by atoms with Gasteiger partial charge < -0.3 is 14.3 Å². The molecule has 0 saturated carbocycles. The van der Waals surface area contributed by atoms with Crippen LogP contribution in [0.4, 0.5) is 0 Å². The number of aliphatic hydroxyl groups is 1. The van der Waals surface area contributed by atoms with Crippen LogP contribution < -0.4 is 10.4 Å². The van der Waals surface area contributed by atoms with Crippen LogP contribution in [0.5, 0.6) is 0 Å². The molecule has 0 heterocycles. The normalized spacial score (nSPS) is 15.2. The number of hydrogen-bond acceptors (Lipinski definition) is 6. The van der Waals surface area contributed by atoms with E-state index in [0.717, 1.165) is 22.1 Å². The van der Waals surface area contributed by atoms with Gasteiger partial charge in [-0.3, -0.25) is 9.59 Å². The number of ether oxygens (including phenoxy) is 1. The third-order valence-electron chi connectivity index (χ3n) is 6.20. The van der Waals surface area contributed by atoms with Crippen LogP contribution >= 0.6 is 11.8 Å². The molecule has 36 heavy (non-hydrogen) atoms. The molecule has 2 atom stereocenters. The van der Waals surface area contributed by atoms with E-state index in [4.69, 9.17) is 9.16 Å². The fourth-order valence-corrected chi connectivity index (χ4v) is 9.91. The minimum Gasteiger partial charge on any atom is -0.465 e. The van der Waals surface area contributed by atoms with Gasteiger partial charge in [-0.1, -0.05) is 106 Å². The number of carbonyl (C=O) groups excluding carboxylic acids is 2. The Bertz CT molecular complexity index is 993. The van der Waals surface area contributed by atoms with Gasteiger partial charge in [0.1, 0.15) is 4.75 Å². The Morgan fingerprint density at radius 1 is 0.972 bits per heavy atom. The Morgan fingerprint density at radius 2 is 1.47 bits per heavy atom. The average Bonchev–Trinajstić information content (AvgIpc) is 2.84. The summed E-state index contributed by atoms with van der Waals surface area (Å²) in [6, 6.07) is 20.5. The maximum atomic E-state index is 12.7. The molecule has 0 aliphatic carbocycles. The van der Waals surface area contributed by atoms with E-state index in [2.05, 4.69) is 45.0 Å². The van der Waals surface area contributed by atoms with Gasteiger partial charge in [-0.2, -0.15) is 0 Å². The molecule has 7 heteroatoms. The lowest BCUT2D eigenvalue weighted by Crippen LogP contribution is -2.67. The molecule has 196 valence electrons. The topological polar surface area (TPSA) is 72.8 Å². The van der Waals surface area contributed by atoms with E-state index in [9.17, 15) is 14.7 Å². The maximum absolute atomic E-state index is 12.7. The highest BCUT2D eigenvalue weighted by Gasteiger charge is 2.50. The molecule has 0 aromatic heterocycles. The molecule has 2 rings (SSSR count). The Morgan fingerprint density at radius 3 is 1.89 bits per heavy atom. The zero-order chi connectivity index (χ0) is 27.0. The number of aliphatic hydroxyl groups excluding tert-OH is 1. The van der Waals surface area contributed by atoms with Crippen molar-refractivity contribution < 1.29 is 23.9 Å². The average molecular weight is 529 g/mol. The van der Waals surface area contributed by atoms with Gasteiger partial charge in [0.2, 0.25) is 0 Å². The zero-order valence-corrected chi connectivity index (χ0v) is 24.4. The highest BCUT2D eigenvalue weighted by atomic mass is 32.2. The second-order valence-electron chi connectivity index (χ2n) is 10.0. The molecule has 0 radical (unpaired) electrons. The van der Waals surface area contributed by atoms with Gasteiger partial charge in [0.05, 0.1) is 19.3 Å². The first-order valence-electron chi connectivity index (χ1n) is 12.4. The molecule has 2 aromatic carbocycles. The van der Waals surface area contributed by atoms with Crippen LogP contribution in [0.25, 0.3) is 0 Å². The SMILES string of the molecule is CCOC(=O)[C@@](C)(/C=C(\C)[C@@H](O)CO[Si](c1ccccc1)(c1ccccc1)C(C)(C)C)SC(=O)CC. The van der Waals surface area contributed by atoms with Crippen molar-refractivity contribution in [1.29, 1.82) is 0 Å². The Balaban J connectivity index is 2.45. The van der Waals surface area contributed by atoms with E-state index in [0.29, 0.717) is 12.0 Å². The number of thioether (sulfide) groups is 1. The summed E-state index contributed by atoms with van der Waals surface area (Å²) in [5, 5.41) is 13.1. The highest BCUT2D eigenvalue weighted by molar-refractivity contribution is 8.15. The van der Waals surface area contributed by atoms with Crippen molar-refractivity contribution in [1.82, 2.24) is 0 Å². The summed E-state index contributed by atoms with van der Waals surface area (Å²) in [6.07, 6.45) is 0.979. The van der Waals surface area contributed by atoms with Gasteiger partial charge >= 0.3 is 5.97 Å². The van der Waals surface area contributed by atoms with Crippen molar-refractivity contribution in [3.05, 3.63) is 72.3 Å². The van der Waals surface area contributed by atoms with E-state index in [-0.39, 0.29) is 23.4 Å². The molecular weight excluding hydrogens is 488 g/mol. The van der Waals surface area contributed by atoms with E-state index in [1.807, 2.05) is 36.4 Å². The quantitative estimate of drug-likeness (QED) is 0.255. The summed E-state index contributed by atoms with van der Waals surface area (Å²) in [5.41, 5.74) is 0.555. The summed E-state index contributed by atoms with van der Waals surface area (Å²) < 4.78 is 10.8. The van der Waals surface area contributed by atoms with Gasteiger partial charge in [0.15, 0.2) is 5.12 Å². The van der Waals surface area contributed by atoms with Gasteiger partial charge in [-0.25, -0.2) is 0 Å². The van der Waals surface area contributed by atoms with Crippen LogP contribution in [-0.4, -0.2) is 48.6 Å². The first kappa shape index (κ1) is 30.0. The van der Waals surface area contributed by atoms with Gasteiger partial charge in [0, 0.05) is 6.42 Å². The predicted molar refractivity (Wildman–Crippen MR) is 151 cm³/mol. The van der Waals surface area contributed by atoms with E-state index < -0.39 is 25.1 Å². The molecule has 1 N–H and O–H groups in total. The number of rotatable bonds is 11. The van der Waals surface area contributed by atoms with Crippen molar-refractivity contribution in [2.75, 3.05) is 13.2 Å². The largest absolute Gasteiger partial charge is 0.465 e. The second-order valence-corrected chi connectivity index (χ2v) is 15.8. The van der Waals surface area contributed by atoms with Gasteiger partial charge in [-0.05, 0) is 41.8 Å². The first-order chi connectivity index (χ1) is 16.9. The molecule has 0 aliphatic rings. The lowest BCUT2D eigenvalue weighted by molar-refractivity contribution is -0.144. The van der Waals surface area contributed by atoms with Gasteiger partial charge in [-0.15, -0.1) is 0 Å². The van der Waals surface area contributed by atoms with Crippen LogP contribution in [0.1, 0.15) is 54.9 Å². The van der Waals surface area contributed by atoms with Crippen LogP contribution in [0.15, 0.2) is 72.3 Å². The molecule has 5 nitrogen and oxygen atoms in total. The van der Waals surface area contributed by atoms with Crippen LogP contribution in [0.3, 0.4) is 0 Å². The van der Waals surface area contributed by atoms with E-state index in [1.54, 1.807) is 33.8 Å². The fraction of sp³-hybridized carbons (Fsp3) is 0.448. The molecule has 0 saturated heterocycles. The minimum absolute atomic E-state index is 0.0565. The summed E-state index contributed by atoms with van der Waals surface area (Å²) in [4.78, 5) is 25.0. The lowest BCUT2D eigenvalue weighted by Gasteiger charge is -2.43. The molecule has 0 spiro atoms. The number of benzene rings is 2. The molecule has 0 aliphatic heterocycles. The Kier molecular flexibility index (Phi) is 10.7. The lowest BCUT2D eigenvalue weighted by atomic mass is 10.0. The van der Waals surface area contributed by atoms with Crippen LogP contribution in [0, 0.1) is 0 Å². The third-order valence-corrected chi connectivity index (χ3v) is 12.4. The van der Waals surface area contributed by atoms with Crippen molar-refractivity contribution in [3.63, 3.8) is 0 Å². The number of esters is 1. The molecule has 0 bridgehead atoms. The molecule has 0 fully saturated rings. The van der Waals surface area contributed by atoms with Crippen molar-refractivity contribution in [2.45, 2.75) is 70.8 Å². The highest BCUT2D eigenvalue weighted by Crippen LogP contribution is 2.37. The summed E-state index contributed by atoms with van der Waals surface area (Å²) >= 11 is 0.929.